The molecule has 3 N–H and O–H groups in total. The monoisotopic (exact) mass is 294 g/mol. The molecule has 5 nitrogen and oxygen atoms in total. The van der Waals surface area contributed by atoms with Crippen molar-refractivity contribution >= 4 is 5.91 Å². The van der Waals surface area contributed by atoms with Crippen molar-refractivity contribution in [2.45, 2.75) is 58.2 Å². The summed E-state index contributed by atoms with van der Waals surface area (Å²) in [6.45, 7) is 8.54. The number of ether oxygens (including phenoxy) is 1. The van der Waals surface area contributed by atoms with E-state index in [1.807, 2.05) is 39.8 Å². The summed E-state index contributed by atoms with van der Waals surface area (Å²) in [6.07, 6.45) is 2.89. The number of hydrogen-bond acceptors (Lipinski definition) is 4. The number of amides is 1. The molecule has 1 aliphatic rings. The van der Waals surface area contributed by atoms with Gasteiger partial charge >= 0.3 is 0 Å². The van der Waals surface area contributed by atoms with Crippen molar-refractivity contribution in [3.8, 4) is 0 Å². The first-order valence-electron chi connectivity index (χ1n) is 7.55. The van der Waals surface area contributed by atoms with Gasteiger partial charge in [-0.1, -0.05) is 13.8 Å². The summed E-state index contributed by atoms with van der Waals surface area (Å²) in [4.78, 5) is 12.5. The van der Waals surface area contributed by atoms with E-state index < -0.39 is 5.54 Å². The van der Waals surface area contributed by atoms with E-state index in [4.69, 9.17) is 14.9 Å². The van der Waals surface area contributed by atoms with Crippen molar-refractivity contribution in [2.24, 2.45) is 11.1 Å². The molecule has 0 bridgehead atoms. The molecule has 1 heterocycles. The average molecular weight is 294 g/mol. The van der Waals surface area contributed by atoms with Gasteiger partial charge in [-0.15, -0.1) is 0 Å². The maximum Gasteiger partial charge on any atom is 0.241 e. The normalized spacial score (nSPS) is 28.7. The Kier molecular flexibility index (Phi) is 4.44. The fraction of sp³-hybridized carbons (Fsp3) is 0.688. The Morgan fingerprint density at radius 3 is 2.86 bits per heavy atom. The molecule has 118 valence electrons. The number of nitrogens with two attached hydrogens (primary N) is 1. The van der Waals surface area contributed by atoms with E-state index in [2.05, 4.69) is 5.32 Å². The number of carbonyl (C=O) groups is 1. The molecule has 0 aromatic carbocycles. The molecule has 0 saturated heterocycles. The van der Waals surface area contributed by atoms with Crippen LogP contribution in [0.15, 0.2) is 22.8 Å². The van der Waals surface area contributed by atoms with E-state index in [0.29, 0.717) is 19.4 Å². The van der Waals surface area contributed by atoms with E-state index >= 15 is 0 Å². The predicted octanol–water partition coefficient (Wildman–Crippen LogP) is 1.86. The Bertz CT molecular complexity index is 484. The van der Waals surface area contributed by atoms with Crippen LogP contribution >= 0.6 is 0 Å². The van der Waals surface area contributed by atoms with Gasteiger partial charge in [0.25, 0.3) is 0 Å². The van der Waals surface area contributed by atoms with Gasteiger partial charge in [-0.25, -0.2) is 0 Å². The molecule has 1 aliphatic carbocycles. The minimum atomic E-state index is -0.871. The predicted molar refractivity (Wildman–Crippen MR) is 80.7 cm³/mol. The first-order chi connectivity index (χ1) is 9.81. The van der Waals surface area contributed by atoms with E-state index in [-0.39, 0.29) is 23.5 Å². The Hall–Kier alpha value is -1.33. The molecule has 0 spiro atoms. The molecule has 21 heavy (non-hydrogen) atoms. The van der Waals surface area contributed by atoms with Gasteiger partial charge < -0.3 is 20.2 Å². The maximum absolute atomic E-state index is 12.5. The fourth-order valence-corrected chi connectivity index (χ4v) is 2.95. The topological polar surface area (TPSA) is 77.5 Å². The van der Waals surface area contributed by atoms with Gasteiger partial charge in [0, 0.05) is 30.9 Å². The zero-order valence-corrected chi connectivity index (χ0v) is 13.3. The third kappa shape index (κ3) is 2.85. The molecule has 1 fully saturated rings. The minimum Gasteiger partial charge on any atom is -0.469 e. The second-order valence-electron chi connectivity index (χ2n) is 6.50. The highest BCUT2D eigenvalue weighted by Gasteiger charge is 2.62. The van der Waals surface area contributed by atoms with Crippen molar-refractivity contribution in [2.75, 3.05) is 6.61 Å². The third-order valence-electron chi connectivity index (χ3n) is 4.70. The molecular formula is C16H26N2O3. The number of furan rings is 1. The van der Waals surface area contributed by atoms with E-state index in [0.717, 1.165) is 5.76 Å². The van der Waals surface area contributed by atoms with Gasteiger partial charge in [0.05, 0.1) is 12.4 Å². The lowest BCUT2D eigenvalue weighted by Crippen LogP contribution is -2.76. The van der Waals surface area contributed by atoms with Gasteiger partial charge in [-0.3, -0.25) is 4.79 Å². The molecule has 3 atom stereocenters. The van der Waals surface area contributed by atoms with E-state index in [1.54, 1.807) is 6.26 Å². The molecule has 1 aromatic heterocycles. The van der Waals surface area contributed by atoms with Crippen molar-refractivity contribution in [3.63, 3.8) is 0 Å². The van der Waals surface area contributed by atoms with Gasteiger partial charge in [-0.2, -0.15) is 0 Å². The lowest BCUT2D eigenvalue weighted by atomic mass is 9.54. The highest BCUT2D eigenvalue weighted by molar-refractivity contribution is 5.89. The van der Waals surface area contributed by atoms with Gasteiger partial charge in [-0.05, 0) is 26.0 Å². The first kappa shape index (κ1) is 16.0. The quantitative estimate of drug-likeness (QED) is 0.839. The van der Waals surface area contributed by atoms with Crippen molar-refractivity contribution in [1.82, 2.24) is 5.32 Å². The highest BCUT2D eigenvalue weighted by atomic mass is 16.5. The van der Waals surface area contributed by atoms with Crippen molar-refractivity contribution < 1.29 is 13.9 Å². The zero-order chi connectivity index (χ0) is 15.7. The Labute approximate surface area is 126 Å². The van der Waals surface area contributed by atoms with Crippen LogP contribution in [0.3, 0.4) is 0 Å². The van der Waals surface area contributed by atoms with Gasteiger partial charge in [0.2, 0.25) is 5.91 Å². The van der Waals surface area contributed by atoms with Crippen LogP contribution in [-0.2, 0) is 16.0 Å². The molecule has 1 amide bonds. The second-order valence-corrected chi connectivity index (χ2v) is 6.50. The molecular weight excluding hydrogens is 268 g/mol. The smallest absolute Gasteiger partial charge is 0.241 e. The van der Waals surface area contributed by atoms with Crippen LogP contribution < -0.4 is 11.1 Å². The third-order valence-corrected chi connectivity index (χ3v) is 4.70. The largest absolute Gasteiger partial charge is 0.469 e. The molecule has 1 saturated carbocycles. The van der Waals surface area contributed by atoms with Crippen LogP contribution in [-0.4, -0.2) is 30.2 Å². The summed E-state index contributed by atoms with van der Waals surface area (Å²) < 4.78 is 11.0. The molecule has 0 radical (unpaired) electrons. The molecule has 2 rings (SSSR count). The minimum absolute atomic E-state index is 0.0222. The summed E-state index contributed by atoms with van der Waals surface area (Å²) in [6, 6.07) is 3.72. The Morgan fingerprint density at radius 1 is 1.62 bits per heavy atom. The average Bonchev–Trinajstić information content (AvgIpc) is 2.90. The van der Waals surface area contributed by atoms with Gasteiger partial charge in [0.1, 0.15) is 11.3 Å². The van der Waals surface area contributed by atoms with E-state index in [9.17, 15) is 4.79 Å². The summed E-state index contributed by atoms with van der Waals surface area (Å²) in [5.41, 5.74) is 5.12. The van der Waals surface area contributed by atoms with Crippen LogP contribution in [0.4, 0.5) is 0 Å². The van der Waals surface area contributed by atoms with Crippen LogP contribution in [0.5, 0.6) is 0 Å². The summed E-state index contributed by atoms with van der Waals surface area (Å²) >= 11 is 0. The lowest BCUT2D eigenvalue weighted by Gasteiger charge is -2.57. The summed E-state index contributed by atoms with van der Waals surface area (Å²) in [5.74, 6) is 0.747. The zero-order valence-electron chi connectivity index (χ0n) is 13.3. The molecule has 3 unspecified atom stereocenters. The molecule has 0 aliphatic heterocycles. The Morgan fingerprint density at radius 2 is 2.33 bits per heavy atom. The maximum atomic E-state index is 12.5. The summed E-state index contributed by atoms with van der Waals surface area (Å²) in [5, 5.41) is 3.00. The lowest BCUT2D eigenvalue weighted by molar-refractivity contribution is -0.171. The first-order valence-corrected chi connectivity index (χ1v) is 7.55. The number of hydrogen-bond donors (Lipinski definition) is 2. The number of carbonyl (C=O) groups excluding carboxylic acids is 1. The Balaban J connectivity index is 1.94. The number of rotatable bonds is 6. The molecule has 5 heteroatoms. The highest BCUT2D eigenvalue weighted by Crippen LogP contribution is 2.49. The standard InChI is InChI=1S/C16H26N2O3/c1-5-20-13-10-16(17,15(13,3)4)14(19)18-11(2)9-12-7-6-8-21-12/h6-8,11,13H,5,9-10,17H2,1-4H3,(H,18,19). The summed E-state index contributed by atoms with van der Waals surface area (Å²) in [7, 11) is 0. The SMILES string of the molecule is CCOC1CC(N)(C(=O)NC(C)Cc2ccco2)C1(C)C. The van der Waals surface area contributed by atoms with E-state index in [1.165, 1.54) is 0 Å². The second kappa shape index (κ2) is 5.81. The van der Waals surface area contributed by atoms with Crippen LogP contribution in [0.1, 0.15) is 39.9 Å². The molecule has 1 aromatic rings. The van der Waals surface area contributed by atoms with Gasteiger partial charge in [0.15, 0.2) is 0 Å². The van der Waals surface area contributed by atoms with Crippen molar-refractivity contribution in [1.29, 1.82) is 0 Å². The van der Waals surface area contributed by atoms with Crippen LogP contribution in [0, 0.1) is 5.41 Å². The fourth-order valence-electron chi connectivity index (χ4n) is 2.95. The van der Waals surface area contributed by atoms with Crippen molar-refractivity contribution in [3.05, 3.63) is 24.2 Å². The van der Waals surface area contributed by atoms with Crippen LogP contribution in [0.2, 0.25) is 0 Å². The van der Waals surface area contributed by atoms with Crippen LogP contribution in [0.25, 0.3) is 0 Å². The number of nitrogens with one attached hydrogen (secondary N) is 1.